The summed E-state index contributed by atoms with van der Waals surface area (Å²) in [5, 5.41) is 11.1. The van der Waals surface area contributed by atoms with Gasteiger partial charge in [-0.25, -0.2) is 0 Å². The fourth-order valence-corrected chi connectivity index (χ4v) is 2.27. The van der Waals surface area contributed by atoms with Crippen molar-refractivity contribution in [2.45, 2.75) is 19.3 Å². The van der Waals surface area contributed by atoms with Gasteiger partial charge >= 0.3 is 0 Å². The molecule has 0 fully saturated rings. The SMILES string of the molecule is CC(=O)C(Cc1ccccc1)c1ccccc1[N+](=O)[O-]. The van der Waals surface area contributed by atoms with E-state index in [9.17, 15) is 14.9 Å². The summed E-state index contributed by atoms with van der Waals surface area (Å²) < 4.78 is 0. The van der Waals surface area contributed by atoms with Gasteiger partial charge in [0, 0.05) is 11.6 Å². The molecule has 0 bridgehead atoms. The molecule has 2 aromatic carbocycles. The van der Waals surface area contributed by atoms with Crippen LogP contribution in [0.5, 0.6) is 0 Å². The summed E-state index contributed by atoms with van der Waals surface area (Å²) in [5.41, 5.74) is 1.48. The Bertz CT molecular complexity index is 623. The van der Waals surface area contributed by atoms with Gasteiger partial charge in [0.05, 0.1) is 10.8 Å². The third-order valence-electron chi connectivity index (χ3n) is 3.28. The van der Waals surface area contributed by atoms with E-state index >= 15 is 0 Å². The third-order valence-corrected chi connectivity index (χ3v) is 3.28. The maximum atomic E-state index is 11.9. The first kappa shape index (κ1) is 13.9. The molecule has 1 atom stereocenters. The van der Waals surface area contributed by atoms with Crippen molar-refractivity contribution in [1.29, 1.82) is 0 Å². The lowest BCUT2D eigenvalue weighted by Crippen LogP contribution is -2.13. The van der Waals surface area contributed by atoms with Crippen LogP contribution in [0.15, 0.2) is 54.6 Å². The summed E-state index contributed by atoms with van der Waals surface area (Å²) in [6, 6.07) is 16.0. The minimum absolute atomic E-state index is 0.00336. The van der Waals surface area contributed by atoms with Gasteiger partial charge in [0.2, 0.25) is 0 Å². The molecule has 0 aromatic heterocycles. The number of hydrogen-bond donors (Lipinski definition) is 0. The van der Waals surface area contributed by atoms with E-state index < -0.39 is 10.8 Å². The van der Waals surface area contributed by atoms with Gasteiger partial charge in [-0.15, -0.1) is 0 Å². The number of para-hydroxylation sites is 1. The molecule has 0 amide bonds. The van der Waals surface area contributed by atoms with Gasteiger partial charge in [-0.05, 0) is 18.9 Å². The van der Waals surface area contributed by atoms with E-state index in [-0.39, 0.29) is 11.5 Å². The third kappa shape index (κ3) is 3.09. The first-order valence-electron chi connectivity index (χ1n) is 6.37. The van der Waals surface area contributed by atoms with E-state index in [1.165, 1.54) is 13.0 Å². The maximum Gasteiger partial charge on any atom is 0.273 e. The van der Waals surface area contributed by atoms with Crippen molar-refractivity contribution in [2.24, 2.45) is 0 Å². The number of carbonyl (C=O) groups excluding carboxylic acids is 1. The van der Waals surface area contributed by atoms with Crippen molar-refractivity contribution in [1.82, 2.24) is 0 Å². The Morgan fingerprint density at radius 3 is 2.30 bits per heavy atom. The monoisotopic (exact) mass is 269 g/mol. The summed E-state index contributed by atoms with van der Waals surface area (Å²) in [4.78, 5) is 22.6. The first-order valence-corrected chi connectivity index (χ1v) is 6.37. The molecule has 102 valence electrons. The van der Waals surface area contributed by atoms with Crippen LogP contribution >= 0.6 is 0 Å². The highest BCUT2D eigenvalue weighted by atomic mass is 16.6. The van der Waals surface area contributed by atoms with E-state index in [1.54, 1.807) is 18.2 Å². The largest absolute Gasteiger partial charge is 0.299 e. The molecule has 20 heavy (non-hydrogen) atoms. The summed E-state index contributed by atoms with van der Waals surface area (Å²) >= 11 is 0. The van der Waals surface area contributed by atoms with Crippen LogP contribution in [0.4, 0.5) is 5.69 Å². The van der Waals surface area contributed by atoms with Crippen LogP contribution in [0, 0.1) is 10.1 Å². The molecule has 0 N–H and O–H groups in total. The van der Waals surface area contributed by atoms with E-state index in [2.05, 4.69) is 0 Å². The number of Topliss-reactive ketones (excluding diaryl/α,β-unsaturated/α-hetero) is 1. The normalized spacial score (nSPS) is 11.8. The van der Waals surface area contributed by atoms with Crippen LogP contribution in [0.3, 0.4) is 0 Å². The fraction of sp³-hybridized carbons (Fsp3) is 0.188. The van der Waals surface area contributed by atoms with Crippen molar-refractivity contribution in [3.05, 3.63) is 75.8 Å². The molecular formula is C16H15NO3. The second-order valence-electron chi connectivity index (χ2n) is 4.67. The quantitative estimate of drug-likeness (QED) is 0.616. The van der Waals surface area contributed by atoms with Crippen LogP contribution in [0.2, 0.25) is 0 Å². The van der Waals surface area contributed by atoms with Gasteiger partial charge in [0.25, 0.3) is 5.69 Å². The van der Waals surface area contributed by atoms with E-state index in [0.717, 1.165) is 5.56 Å². The number of nitro groups is 1. The topological polar surface area (TPSA) is 60.2 Å². The van der Waals surface area contributed by atoms with E-state index in [0.29, 0.717) is 12.0 Å². The molecule has 0 saturated heterocycles. The summed E-state index contributed by atoms with van der Waals surface area (Å²) in [6.07, 6.45) is 0.473. The maximum absolute atomic E-state index is 11.9. The Balaban J connectivity index is 2.39. The van der Waals surface area contributed by atoms with Crippen molar-refractivity contribution < 1.29 is 9.72 Å². The average molecular weight is 269 g/mol. The van der Waals surface area contributed by atoms with Crippen molar-refractivity contribution in [3.63, 3.8) is 0 Å². The Hall–Kier alpha value is -2.49. The molecule has 1 unspecified atom stereocenters. The number of carbonyl (C=O) groups is 1. The van der Waals surface area contributed by atoms with Crippen LogP contribution in [-0.4, -0.2) is 10.7 Å². The Morgan fingerprint density at radius 1 is 1.10 bits per heavy atom. The lowest BCUT2D eigenvalue weighted by Gasteiger charge is -2.14. The lowest BCUT2D eigenvalue weighted by atomic mass is 9.88. The van der Waals surface area contributed by atoms with Crippen LogP contribution in [-0.2, 0) is 11.2 Å². The standard InChI is InChI=1S/C16H15NO3/c1-12(18)15(11-13-7-3-2-4-8-13)14-9-5-6-10-16(14)17(19)20/h2-10,15H,11H2,1H3. The van der Waals surface area contributed by atoms with E-state index in [4.69, 9.17) is 0 Å². The molecule has 4 heteroatoms. The van der Waals surface area contributed by atoms with Gasteiger partial charge in [0.1, 0.15) is 5.78 Å². The summed E-state index contributed by atoms with van der Waals surface area (Å²) in [7, 11) is 0. The molecular weight excluding hydrogens is 254 g/mol. The molecule has 0 aliphatic rings. The van der Waals surface area contributed by atoms with Gasteiger partial charge in [-0.3, -0.25) is 14.9 Å². The zero-order chi connectivity index (χ0) is 14.5. The zero-order valence-electron chi connectivity index (χ0n) is 11.2. The fourth-order valence-electron chi connectivity index (χ4n) is 2.27. The first-order chi connectivity index (χ1) is 9.59. The average Bonchev–Trinajstić information content (AvgIpc) is 2.45. The van der Waals surface area contributed by atoms with Crippen LogP contribution in [0.25, 0.3) is 0 Å². The number of nitrogens with zero attached hydrogens (tertiary/aromatic N) is 1. The highest BCUT2D eigenvalue weighted by Gasteiger charge is 2.25. The van der Waals surface area contributed by atoms with Gasteiger partial charge < -0.3 is 0 Å². The molecule has 0 heterocycles. The molecule has 0 saturated carbocycles. The van der Waals surface area contributed by atoms with Gasteiger partial charge in [-0.2, -0.15) is 0 Å². The highest BCUT2D eigenvalue weighted by molar-refractivity contribution is 5.85. The number of benzene rings is 2. The Kier molecular flexibility index (Phi) is 4.25. The minimum Gasteiger partial charge on any atom is -0.299 e. The Labute approximate surface area is 117 Å². The number of hydrogen-bond acceptors (Lipinski definition) is 3. The predicted octanol–water partition coefficient (Wildman–Crippen LogP) is 3.51. The minimum atomic E-state index is -0.487. The molecule has 0 aliphatic heterocycles. The molecule has 0 spiro atoms. The lowest BCUT2D eigenvalue weighted by molar-refractivity contribution is -0.385. The molecule has 0 aliphatic carbocycles. The number of rotatable bonds is 5. The van der Waals surface area contributed by atoms with Crippen molar-refractivity contribution in [3.8, 4) is 0 Å². The Morgan fingerprint density at radius 2 is 1.70 bits per heavy atom. The molecule has 0 radical (unpaired) electrons. The molecule has 4 nitrogen and oxygen atoms in total. The second kappa shape index (κ2) is 6.10. The molecule has 2 rings (SSSR count). The van der Waals surface area contributed by atoms with Gasteiger partial charge in [-0.1, -0.05) is 48.5 Å². The van der Waals surface area contributed by atoms with E-state index in [1.807, 2.05) is 30.3 Å². The smallest absolute Gasteiger partial charge is 0.273 e. The number of nitro benzene ring substituents is 1. The summed E-state index contributed by atoms with van der Waals surface area (Å²) in [5.74, 6) is -0.554. The highest BCUT2D eigenvalue weighted by Crippen LogP contribution is 2.29. The zero-order valence-corrected chi connectivity index (χ0v) is 11.2. The molecule has 2 aromatic rings. The predicted molar refractivity (Wildman–Crippen MR) is 76.7 cm³/mol. The van der Waals surface area contributed by atoms with Crippen LogP contribution < -0.4 is 0 Å². The van der Waals surface area contributed by atoms with Crippen LogP contribution in [0.1, 0.15) is 24.0 Å². The number of ketones is 1. The van der Waals surface area contributed by atoms with Crippen molar-refractivity contribution >= 4 is 11.5 Å². The summed E-state index contributed by atoms with van der Waals surface area (Å²) in [6.45, 7) is 1.48. The second-order valence-corrected chi connectivity index (χ2v) is 4.67. The van der Waals surface area contributed by atoms with Gasteiger partial charge in [0.15, 0.2) is 0 Å². The van der Waals surface area contributed by atoms with Crippen molar-refractivity contribution in [2.75, 3.05) is 0 Å².